The van der Waals surface area contributed by atoms with Crippen molar-refractivity contribution in [3.63, 3.8) is 0 Å². The van der Waals surface area contributed by atoms with E-state index in [2.05, 4.69) is 15.9 Å². The first kappa shape index (κ1) is 17.9. The smallest absolute Gasteiger partial charge is 0.336 e. The second-order valence-corrected chi connectivity index (χ2v) is 5.68. The van der Waals surface area contributed by atoms with Crippen LogP contribution in [0.4, 0.5) is 0 Å². The van der Waals surface area contributed by atoms with Crippen molar-refractivity contribution in [2.24, 2.45) is 0 Å². The lowest BCUT2D eigenvalue weighted by molar-refractivity contribution is -0.130. The molecule has 0 aliphatic rings. The Labute approximate surface area is 148 Å². The van der Waals surface area contributed by atoms with Crippen molar-refractivity contribution in [3.05, 3.63) is 52.0 Å². The van der Waals surface area contributed by atoms with Crippen LogP contribution in [-0.4, -0.2) is 32.4 Å². The van der Waals surface area contributed by atoms with Crippen LogP contribution in [0.15, 0.2) is 40.9 Å². The van der Waals surface area contributed by atoms with Crippen LogP contribution in [0, 0.1) is 0 Å². The Morgan fingerprint density at radius 3 is 2.08 bits per heavy atom. The number of rotatable bonds is 6. The van der Waals surface area contributed by atoms with Gasteiger partial charge in [-0.05, 0) is 35.9 Å². The van der Waals surface area contributed by atoms with Gasteiger partial charge in [-0.2, -0.15) is 0 Å². The van der Waals surface area contributed by atoms with E-state index in [1.54, 1.807) is 49.6 Å². The van der Waals surface area contributed by atoms with E-state index in [0.717, 1.165) is 5.56 Å². The quantitative estimate of drug-likeness (QED) is 0.592. The highest BCUT2D eigenvalue weighted by Gasteiger charge is 2.18. The predicted molar refractivity (Wildman–Crippen MR) is 95.7 cm³/mol. The van der Waals surface area contributed by atoms with E-state index in [-0.39, 0.29) is 5.57 Å². The highest BCUT2D eigenvalue weighted by atomic mass is 79.9. The molecule has 0 aliphatic heterocycles. The molecule has 0 unspecified atom stereocenters. The number of benzene rings is 2. The fourth-order valence-corrected chi connectivity index (χ4v) is 2.72. The first-order chi connectivity index (χ1) is 11.5. The number of carboxylic acid groups (broad SMARTS) is 1. The van der Waals surface area contributed by atoms with Crippen LogP contribution in [0.25, 0.3) is 11.6 Å². The predicted octanol–water partition coefficient (Wildman–Crippen LogP) is 4.10. The summed E-state index contributed by atoms with van der Waals surface area (Å²) in [5, 5.41) is 9.62. The Hall–Kier alpha value is -2.47. The molecule has 0 heterocycles. The van der Waals surface area contributed by atoms with E-state index >= 15 is 0 Å². The molecule has 0 aromatic heterocycles. The van der Waals surface area contributed by atoms with Gasteiger partial charge in [-0.25, -0.2) is 4.79 Å². The molecule has 2 aromatic rings. The van der Waals surface area contributed by atoms with Gasteiger partial charge in [0.1, 0.15) is 5.75 Å². The molecule has 0 spiro atoms. The lowest BCUT2D eigenvalue weighted by Gasteiger charge is -2.12. The summed E-state index contributed by atoms with van der Waals surface area (Å²) in [6.07, 6.45) is 1.59. The molecule has 0 aliphatic carbocycles. The highest BCUT2D eigenvalue weighted by molar-refractivity contribution is 9.10. The van der Waals surface area contributed by atoms with Crippen LogP contribution in [0.5, 0.6) is 17.2 Å². The molecule has 0 bridgehead atoms. The molecule has 0 atom stereocenters. The topological polar surface area (TPSA) is 65.0 Å². The summed E-state index contributed by atoms with van der Waals surface area (Å²) < 4.78 is 16.2. The van der Waals surface area contributed by atoms with Crippen LogP contribution in [0.2, 0.25) is 0 Å². The van der Waals surface area contributed by atoms with Crippen molar-refractivity contribution in [1.82, 2.24) is 0 Å². The summed E-state index contributed by atoms with van der Waals surface area (Å²) in [6, 6.07) is 10.4. The van der Waals surface area contributed by atoms with Crippen molar-refractivity contribution < 1.29 is 24.1 Å². The number of methoxy groups -OCH3 is 3. The largest absolute Gasteiger partial charge is 0.497 e. The zero-order valence-electron chi connectivity index (χ0n) is 13.5. The lowest BCUT2D eigenvalue weighted by atomic mass is 10.0. The number of hydrogen-bond donors (Lipinski definition) is 1. The van der Waals surface area contributed by atoms with E-state index in [0.29, 0.717) is 27.3 Å². The van der Waals surface area contributed by atoms with Gasteiger partial charge in [0.15, 0.2) is 11.5 Å². The zero-order chi connectivity index (χ0) is 17.7. The Kier molecular flexibility index (Phi) is 5.87. The van der Waals surface area contributed by atoms with Crippen LogP contribution >= 0.6 is 15.9 Å². The maximum atomic E-state index is 11.7. The normalized spacial score (nSPS) is 11.1. The van der Waals surface area contributed by atoms with Crippen LogP contribution in [0.3, 0.4) is 0 Å². The summed E-state index contributed by atoms with van der Waals surface area (Å²) in [5.74, 6) is 0.634. The summed E-state index contributed by atoms with van der Waals surface area (Å²) in [7, 11) is 4.60. The Balaban J connectivity index is 2.54. The van der Waals surface area contributed by atoms with Crippen LogP contribution in [0.1, 0.15) is 11.1 Å². The first-order valence-electron chi connectivity index (χ1n) is 7.01. The molecule has 0 saturated heterocycles. The molecule has 0 fully saturated rings. The van der Waals surface area contributed by atoms with Crippen molar-refractivity contribution in [1.29, 1.82) is 0 Å². The summed E-state index contributed by atoms with van der Waals surface area (Å²) in [5.41, 5.74) is 1.37. The fraction of sp³-hybridized carbons (Fsp3) is 0.167. The zero-order valence-corrected chi connectivity index (χ0v) is 15.1. The SMILES string of the molecule is COc1ccc(/C=C(\C(=O)O)c2cc(OC)c(OC)cc2Br)cc1. The molecule has 126 valence electrons. The van der Waals surface area contributed by atoms with Gasteiger partial charge in [-0.15, -0.1) is 0 Å². The maximum absolute atomic E-state index is 11.7. The van der Waals surface area contributed by atoms with Crippen molar-refractivity contribution in [2.45, 2.75) is 0 Å². The second kappa shape index (κ2) is 7.88. The third-order valence-electron chi connectivity index (χ3n) is 3.42. The Bertz CT molecular complexity index is 766. The third-order valence-corrected chi connectivity index (χ3v) is 4.08. The van der Waals surface area contributed by atoms with E-state index in [9.17, 15) is 9.90 Å². The molecule has 1 N–H and O–H groups in total. The lowest BCUT2D eigenvalue weighted by Crippen LogP contribution is -2.02. The molecule has 5 nitrogen and oxygen atoms in total. The average molecular weight is 393 g/mol. The minimum atomic E-state index is -1.04. The van der Waals surface area contributed by atoms with E-state index in [1.165, 1.54) is 14.2 Å². The van der Waals surface area contributed by atoms with Gasteiger partial charge in [0.2, 0.25) is 0 Å². The molecule has 6 heteroatoms. The Morgan fingerprint density at radius 1 is 1.00 bits per heavy atom. The van der Waals surface area contributed by atoms with Crippen molar-refractivity contribution in [2.75, 3.05) is 21.3 Å². The molecule has 0 radical (unpaired) electrons. The van der Waals surface area contributed by atoms with Gasteiger partial charge >= 0.3 is 5.97 Å². The molecule has 0 saturated carbocycles. The first-order valence-corrected chi connectivity index (χ1v) is 7.80. The molecule has 24 heavy (non-hydrogen) atoms. The molecule has 2 rings (SSSR count). The van der Waals surface area contributed by atoms with Gasteiger partial charge in [-0.3, -0.25) is 0 Å². The molecule has 0 amide bonds. The van der Waals surface area contributed by atoms with Gasteiger partial charge in [0.05, 0.1) is 26.9 Å². The summed E-state index contributed by atoms with van der Waals surface area (Å²) in [6.45, 7) is 0. The molecular formula is C18H17BrO5. The van der Waals surface area contributed by atoms with Crippen molar-refractivity contribution in [3.8, 4) is 17.2 Å². The van der Waals surface area contributed by atoms with Crippen LogP contribution in [-0.2, 0) is 4.79 Å². The maximum Gasteiger partial charge on any atom is 0.336 e. The van der Waals surface area contributed by atoms with Gasteiger partial charge in [0.25, 0.3) is 0 Å². The molecular weight excluding hydrogens is 376 g/mol. The third kappa shape index (κ3) is 3.89. The number of carboxylic acids is 1. The number of ether oxygens (including phenoxy) is 3. The van der Waals surface area contributed by atoms with Crippen LogP contribution < -0.4 is 14.2 Å². The number of halogens is 1. The van der Waals surface area contributed by atoms with Gasteiger partial charge < -0.3 is 19.3 Å². The van der Waals surface area contributed by atoms with Crippen molar-refractivity contribution >= 4 is 33.5 Å². The minimum Gasteiger partial charge on any atom is -0.497 e. The van der Waals surface area contributed by atoms with E-state index in [4.69, 9.17) is 14.2 Å². The summed E-state index contributed by atoms with van der Waals surface area (Å²) in [4.78, 5) is 11.7. The number of aliphatic carboxylic acids is 1. The monoisotopic (exact) mass is 392 g/mol. The highest BCUT2D eigenvalue weighted by Crippen LogP contribution is 2.37. The van der Waals surface area contributed by atoms with Gasteiger partial charge in [-0.1, -0.05) is 28.1 Å². The minimum absolute atomic E-state index is 0.132. The Morgan fingerprint density at radius 2 is 1.58 bits per heavy atom. The summed E-state index contributed by atoms with van der Waals surface area (Å²) >= 11 is 3.40. The number of carbonyl (C=O) groups is 1. The van der Waals surface area contributed by atoms with E-state index < -0.39 is 5.97 Å². The fourth-order valence-electron chi connectivity index (χ4n) is 2.18. The van der Waals surface area contributed by atoms with E-state index in [1.807, 2.05) is 0 Å². The van der Waals surface area contributed by atoms with Gasteiger partial charge in [0, 0.05) is 10.0 Å². The standard InChI is InChI=1S/C18H17BrO5/c1-22-12-6-4-11(5-7-12)8-14(18(20)21)13-9-16(23-2)17(24-3)10-15(13)19/h4-10H,1-3H3,(H,20,21)/b14-8-. The molecule has 2 aromatic carbocycles. The second-order valence-electron chi connectivity index (χ2n) is 4.82. The number of hydrogen-bond acceptors (Lipinski definition) is 4. The average Bonchev–Trinajstić information content (AvgIpc) is 2.60.